The molecule has 1 fully saturated rings. The average molecular weight is 352 g/mol. The number of rotatable bonds is 1. The van der Waals surface area contributed by atoms with Gasteiger partial charge in [-0.25, -0.2) is 9.37 Å². The van der Waals surface area contributed by atoms with E-state index in [1.165, 1.54) is 10.6 Å². The van der Waals surface area contributed by atoms with Gasteiger partial charge in [0, 0.05) is 30.7 Å². The highest BCUT2D eigenvalue weighted by atomic mass is 79.9. The summed E-state index contributed by atoms with van der Waals surface area (Å²) < 4.78 is 16.4. The van der Waals surface area contributed by atoms with Crippen LogP contribution in [0.4, 0.5) is 10.2 Å². The molecule has 1 N–H and O–H groups in total. The quantitative estimate of drug-likeness (QED) is 0.704. The summed E-state index contributed by atoms with van der Waals surface area (Å²) >= 11 is 3.28. The molecule has 3 heterocycles. The van der Waals surface area contributed by atoms with Crippen molar-refractivity contribution in [1.29, 1.82) is 0 Å². The second-order valence-corrected chi connectivity index (χ2v) is 5.76. The number of hydrogen-bond acceptors (Lipinski definition) is 6. The fourth-order valence-corrected chi connectivity index (χ4v) is 2.98. The summed E-state index contributed by atoms with van der Waals surface area (Å²) in [6.45, 7) is 3.30. The predicted octanol–water partition coefficient (Wildman–Crippen LogP) is 0.984. The number of aromatic nitrogens is 5. The minimum Gasteiger partial charge on any atom is -0.351 e. The Hall–Kier alpha value is -1.87. The minimum atomic E-state index is -0.395. The van der Waals surface area contributed by atoms with E-state index in [9.17, 15) is 4.39 Å². The molecule has 9 heteroatoms. The van der Waals surface area contributed by atoms with Gasteiger partial charge in [0.2, 0.25) is 5.65 Å². The van der Waals surface area contributed by atoms with Crippen molar-refractivity contribution in [3.05, 3.63) is 22.4 Å². The summed E-state index contributed by atoms with van der Waals surface area (Å²) in [5, 5.41) is 15.0. The van der Waals surface area contributed by atoms with Crippen LogP contribution in [0.3, 0.4) is 0 Å². The molecule has 0 aliphatic carbocycles. The molecule has 0 atom stereocenters. The summed E-state index contributed by atoms with van der Waals surface area (Å²) in [5.41, 5.74) is 1.36. The van der Waals surface area contributed by atoms with E-state index in [0.29, 0.717) is 21.5 Å². The number of fused-ring (bicyclic) bond motifs is 3. The molecule has 1 aliphatic heterocycles. The molecule has 0 spiro atoms. The molecule has 21 heavy (non-hydrogen) atoms. The van der Waals surface area contributed by atoms with Crippen LogP contribution < -0.4 is 10.2 Å². The van der Waals surface area contributed by atoms with Gasteiger partial charge < -0.3 is 10.2 Å². The Morgan fingerprint density at radius 2 is 2.05 bits per heavy atom. The maximum Gasteiger partial charge on any atom is 0.222 e. The molecule has 7 nitrogen and oxygen atoms in total. The van der Waals surface area contributed by atoms with Crippen LogP contribution in [0.5, 0.6) is 0 Å². The molecule has 1 aromatic carbocycles. The van der Waals surface area contributed by atoms with E-state index in [0.717, 1.165) is 26.2 Å². The van der Waals surface area contributed by atoms with Gasteiger partial charge in [-0.2, -0.15) is 4.52 Å². The molecule has 0 saturated carbocycles. The first-order chi connectivity index (χ1) is 10.2. The van der Waals surface area contributed by atoms with Gasteiger partial charge in [-0.1, -0.05) is 15.9 Å². The van der Waals surface area contributed by atoms with Gasteiger partial charge in [0.1, 0.15) is 5.52 Å². The minimum absolute atomic E-state index is 0.270. The zero-order valence-corrected chi connectivity index (χ0v) is 12.5. The van der Waals surface area contributed by atoms with Crippen molar-refractivity contribution in [2.24, 2.45) is 0 Å². The van der Waals surface area contributed by atoms with E-state index in [2.05, 4.69) is 46.7 Å². The molecule has 0 unspecified atom stereocenters. The molecule has 2 aromatic heterocycles. The van der Waals surface area contributed by atoms with Gasteiger partial charge in [-0.15, -0.1) is 5.10 Å². The van der Waals surface area contributed by atoms with Crippen LogP contribution in [0.2, 0.25) is 0 Å². The summed E-state index contributed by atoms with van der Waals surface area (Å²) in [6, 6.07) is 3.16. The molecule has 1 aliphatic rings. The number of halogens is 2. The largest absolute Gasteiger partial charge is 0.351 e. The smallest absolute Gasteiger partial charge is 0.222 e. The Kier molecular flexibility index (Phi) is 2.96. The molecule has 0 radical (unpaired) electrons. The molecule has 1 saturated heterocycles. The zero-order chi connectivity index (χ0) is 14.4. The van der Waals surface area contributed by atoms with Gasteiger partial charge in [-0.3, -0.25) is 0 Å². The van der Waals surface area contributed by atoms with Crippen molar-refractivity contribution in [3.8, 4) is 0 Å². The first kappa shape index (κ1) is 12.8. The number of piperazine rings is 1. The van der Waals surface area contributed by atoms with Gasteiger partial charge in [0.05, 0.1) is 5.52 Å². The Morgan fingerprint density at radius 1 is 1.24 bits per heavy atom. The summed E-state index contributed by atoms with van der Waals surface area (Å²) in [6.07, 6.45) is 0. The van der Waals surface area contributed by atoms with Crippen molar-refractivity contribution in [3.63, 3.8) is 0 Å². The van der Waals surface area contributed by atoms with E-state index in [4.69, 9.17) is 0 Å². The van der Waals surface area contributed by atoms with Gasteiger partial charge in [-0.05, 0) is 22.6 Å². The molecule has 0 bridgehead atoms. The Bertz CT molecular complexity index is 827. The normalized spacial score (nSPS) is 16.0. The summed E-state index contributed by atoms with van der Waals surface area (Å²) in [7, 11) is 0. The van der Waals surface area contributed by atoms with Crippen LogP contribution >= 0.6 is 15.9 Å². The van der Waals surface area contributed by atoms with Gasteiger partial charge >= 0.3 is 0 Å². The van der Waals surface area contributed by atoms with Gasteiger partial charge in [0.15, 0.2) is 11.6 Å². The maximum atomic E-state index is 14.2. The third-order valence-electron chi connectivity index (χ3n) is 3.54. The summed E-state index contributed by atoms with van der Waals surface area (Å²) in [5.74, 6) is 0.225. The first-order valence-corrected chi connectivity index (χ1v) is 7.36. The lowest BCUT2D eigenvalue weighted by atomic mass is 10.2. The number of nitrogens with one attached hydrogen (secondary N) is 1. The Morgan fingerprint density at radius 3 is 2.86 bits per heavy atom. The highest BCUT2D eigenvalue weighted by Gasteiger charge is 2.20. The lowest BCUT2D eigenvalue weighted by molar-refractivity contribution is 0.585. The number of hydrogen-bond donors (Lipinski definition) is 1. The lowest BCUT2D eigenvalue weighted by Gasteiger charge is -2.28. The van der Waals surface area contributed by atoms with Crippen molar-refractivity contribution in [1.82, 2.24) is 30.3 Å². The number of nitrogens with zero attached hydrogens (tertiary/aromatic N) is 6. The highest BCUT2D eigenvalue weighted by Crippen LogP contribution is 2.27. The second kappa shape index (κ2) is 4.85. The maximum absolute atomic E-state index is 14.2. The fraction of sp³-hybridized carbons (Fsp3) is 0.333. The van der Waals surface area contributed by atoms with Crippen LogP contribution in [0.25, 0.3) is 16.7 Å². The van der Waals surface area contributed by atoms with Crippen molar-refractivity contribution < 1.29 is 4.39 Å². The topological polar surface area (TPSA) is 71.2 Å². The molecular weight excluding hydrogens is 341 g/mol. The van der Waals surface area contributed by atoms with E-state index < -0.39 is 5.82 Å². The molecule has 3 aromatic rings. The lowest BCUT2D eigenvalue weighted by Crippen LogP contribution is -2.44. The number of anilines is 1. The molecule has 108 valence electrons. The van der Waals surface area contributed by atoms with E-state index in [-0.39, 0.29) is 5.52 Å². The predicted molar refractivity (Wildman–Crippen MR) is 78.8 cm³/mol. The SMILES string of the molecule is Fc1cc(Br)cc2c1nc(N1CCNCC1)c1nnnn12. The molecular formula is C12H11BrFN7. The average Bonchev–Trinajstić information content (AvgIpc) is 2.97. The number of benzene rings is 1. The number of tetrazole rings is 1. The van der Waals surface area contributed by atoms with E-state index in [1.807, 2.05) is 0 Å². The third-order valence-corrected chi connectivity index (χ3v) is 4.00. The Balaban J connectivity index is 2.03. The van der Waals surface area contributed by atoms with Crippen LogP contribution in [0.1, 0.15) is 0 Å². The van der Waals surface area contributed by atoms with Crippen LogP contribution in [0, 0.1) is 5.82 Å². The van der Waals surface area contributed by atoms with Crippen molar-refractivity contribution in [2.45, 2.75) is 0 Å². The van der Waals surface area contributed by atoms with E-state index in [1.54, 1.807) is 6.07 Å². The standard InChI is InChI=1S/C12H11BrFN7/c13-7-5-8(14)10-9(6-7)21-12(17-18-19-21)11(16-10)20-3-1-15-2-4-20/h5-6,15H,1-4H2. The fourth-order valence-electron chi connectivity index (χ4n) is 2.56. The zero-order valence-electron chi connectivity index (χ0n) is 10.9. The van der Waals surface area contributed by atoms with Crippen molar-refractivity contribution in [2.75, 3.05) is 31.1 Å². The molecule has 4 rings (SSSR count). The highest BCUT2D eigenvalue weighted by molar-refractivity contribution is 9.10. The monoisotopic (exact) mass is 351 g/mol. The Labute approximate surface area is 127 Å². The van der Waals surface area contributed by atoms with Gasteiger partial charge in [0.25, 0.3) is 0 Å². The first-order valence-electron chi connectivity index (χ1n) is 6.56. The van der Waals surface area contributed by atoms with Crippen molar-refractivity contribution >= 4 is 38.4 Å². The second-order valence-electron chi connectivity index (χ2n) is 4.84. The van der Waals surface area contributed by atoms with E-state index >= 15 is 0 Å². The van der Waals surface area contributed by atoms with Crippen LogP contribution in [0.15, 0.2) is 16.6 Å². The third kappa shape index (κ3) is 2.04. The molecule has 0 amide bonds. The van der Waals surface area contributed by atoms with Crippen LogP contribution in [-0.2, 0) is 0 Å². The van der Waals surface area contributed by atoms with Crippen LogP contribution in [-0.4, -0.2) is 51.2 Å². The summed E-state index contributed by atoms with van der Waals surface area (Å²) in [4.78, 5) is 6.55.